The Balaban J connectivity index is 1.69. The molecule has 0 unspecified atom stereocenters. The highest BCUT2D eigenvalue weighted by molar-refractivity contribution is 5.79. The normalized spacial score (nSPS) is 35.5. The Kier molecular flexibility index (Phi) is 2.12. The number of carbonyl (C=O) groups excluding carboxylic acids is 1. The minimum absolute atomic E-state index is 0.0334. The molecule has 0 aromatic carbocycles. The minimum atomic E-state index is -0.0334. The third-order valence-corrected chi connectivity index (χ3v) is 2.68. The third kappa shape index (κ3) is 1.61. The van der Waals surface area contributed by atoms with Crippen LogP contribution in [-0.2, 0) is 14.3 Å². The van der Waals surface area contributed by atoms with Crippen LogP contribution in [0.25, 0.3) is 0 Å². The molecule has 3 nitrogen and oxygen atoms in total. The van der Waals surface area contributed by atoms with Crippen LogP contribution in [0.15, 0.2) is 12.2 Å². The van der Waals surface area contributed by atoms with E-state index in [1.165, 1.54) is 0 Å². The summed E-state index contributed by atoms with van der Waals surface area (Å²) in [5.41, 5.74) is 1.02. The van der Waals surface area contributed by atoms with Gasteiger partial charge in [0.1, 0.15) is 0 Å². The standard InChI is InChI=1S/C10H14O3/c1-6(2)3-12-4-7-8-5-13-10(11)9(7)8/h7-9H,1,3-5H2,2H3/t7-,8+,9-/m1/s1. The lowest BCUT2D eigenvalue weighted by molar-refractivity contribution is -0.142. The van der Waals surface area contributed by atoms with E-state index < -0.39 is 0 Å². The van der Waals surface area contributed by atoms with E-state index in [1.807, 2.05) is 6.92 Å². The topological polar surface area (TPSA) is 35.5 Å². The van der Waals surface area contributed by atoms with Gasteiger partial charge in [0, 0.05) is 11.8 Å². The molecule has 1 aliphatic heterocycles. The van der Waals surface area contributed by atoms with E-state index in [9.17, 15) is 4.79 Å². The lowest BCUT2D eigenvalue weighted by Gasteiger charge is -2.05. The Morgan fingerprint density at radius 3 is 3.08 bits per heavy atom. The molecular formula is C10H14O3. The molecular weight excluding hydrogens is 168 g/mol. The highest BCUT2D eigenvalue weighted by Crippen LogP contribution is 2.51. The van der Waals surface area contributed by atoms with Gasteiger partial charge in [0.05, 0.1) is 25.7 Å². The van der Waals surface area contributed by atoms with Crippen molar-refractivity contribution in [1.29, 1.82) is 0 Å². The second-order valence-electron chi connectivity index (χ2n) is 3.96. The van der Waals surface area contributed by atoms with Crippen LogP contribution >= 0.6 is 0 Å². The second kappa shape index (κ2) is 3.14. The van der Waals surface area contributed by atoms with Crippen LogP contribution < -0.4 is 0 Å². The second-order valence-corrected chi connectivity index (χ2v) is 3.96. The monoisotopic (exact) mass is 182 g/mol. The molecule has 2 rings (SSSR count). The largest absolute Gasteiger partial charge is 0.465 e. The van der Waals surface area contributed by atoms with Crippen LogP contribution in [0.1, 0.15) is 6.92 Å². The van der Waals surface area contributed by atoms with Gasteiger partial charge in [0.2, 0.25) is 0 Å². The Labute approximate surface area is 77.7 Å². The van der Waals surface area contributed by atoms with Gasteiger partial charge in [-0.25, -0.2) is 0 Å². The summed E-state index contributed by atoms with van der Waals surface area (Å²) in [7, 11) is 0. The van der Waals surface area contributed by atoms with Crippen LogP contribution in [0.4, 0.5) is 0 Å². The van der Waals surface area contributed by atoms with Crippen molar-refractivity contribution in [2.24, 2.45) is 17.8 Å². The molecule has 1 aliphatic carbocycles. The molecule has 72 valence electrons. The molecule has 1 saturated carbocycles. The van der Waals surface area contributed by atoms with E-state index in [-0.39, 0.29) is 11.9 Å². The van der Waals surface area contributed by atoms with Crippen molar-refractivity contribution in [3.05, 3.63) is 12.2 Å². The number of cyclic esters (lactones) is 1. The molecule has 0 amide bonds. The molecule has 1 saturated heterocycles. The van der Waals surface area contributed by atoms with Gasteiger partial charge >= 0.3 is 5.97 Å². The number of fused-ring (bicyclic) bond motifs is 1. The summed E-state index contributed by atoms with van der Waals surface area (Å²) in [6.07, 6.45) is 0. The predicted molar refractivity (Wildman–Crippen MR) is 47.1 cm³/mol. The molecule has 0 spiro atoms. The lowest BCUT2D eigenvalue weighted by Crippen LogP contribution is -2.10. The van der Waals surface area contributed by atoms with Gasteiger partial charge in [-0.1, -0.05) is 12.2 Å². The average molecular weight is 182 g/mol. The van der Waals surface area contributed by atoms with Gasteiger partial charge in [-0.2, -0.15) is 0 Å². The van der Waals surface area contributed by atoms with E-state index in [4.69, 9.17) is 9.47 Å². The van der Waals surface area contributed by atoms with Crippen LogP contribution in [-0.4, -0.2) is 25.8 Å². The summed E-state index contributed by atoms with van der Waals surface area (Å²) in [5, 5.41) is 0. The van der Waals surface area contributed by atoms with E-state index in [2.05, 4.69) is 6.58 Å². The van der Waals surface area contributed by atoms with Crippen molar-refractivity contribution < 1.29 is 14.3 Å². The number of hydrogen-bond acceptors (Lipinski definition) is 3. The Bertz CT molecular complexity index is 247. The van der Waals surface area contributed by atoms with Gasteiger partial charge in [-0.05, 0) is 6.92 Å². The Morgan fingerprint density at radius 1 is 1.77 bits per heavy atom. The highest BCUT2D eigenvalue weighted by Gasteiger charge is 2.60. The maximum Gasteiger partial charge on any atom is 0.309 e. The maximum atomic E-state index is 11.0. The number of esters is 1. The number of hydrogen-bond donors (Lipinski definition) is 0. The van der Waals surface area contributed by atoms with Crippen molar-refractivity contribution in [2.75, 3.05) is 19.8 Å². The molecule has 3 heteroatoms. The van der Waals surface area contributed by atoms with E-state index >= 15 is 0 Å². The molecule has 0 radical (unpaired) electrons. The Hall–Kier alpha value is -0.830. The zero-order chi connectivity index (χ0) is 9.42. The molecule has 0 bridgehead atoms. The first kappa shape index (κ1) is 8.75. The summed E-state index contributed by atoms with van der Waals surface area (Å²) in [6.45, 7) is 7.56. The van der Waals surface area contributed by atoms with Crippen LogP contribution in [0, 0.1) is 17.8 Å². The number of carbonyl (C=O) groups is 1. The van der Waals surface area contributed by atoms with E-state index in [0.29, 0.717) is 31.7 Å². The minimum Gasteiger partial charge on any atom is -0.465 e. The summed E-state index contributed by atoms with van der Waals surface area (Å²) in [4.78, 5) is 11.0. The maximum absolute atomic E-state index is 11.0. The van der Waals surface area contributed by atoms with Gasteiger partial charge in [-0.3, -0.25) is 4.79 Å². The fourth-order valence-electron chi connectivity index (χ4n) is 1.89. The smallest absolute Gasteiger partial charge is 0.309 e. The Morgan fingerprint density at radius 2 is 2.54 bits per heavy atom. The van der Waals surface area contributed by atoms with Crippen molar-refractivity contribution >= 4 is 5.97 Å². The lowest BCUT2D eigenvalue weighted by atomic mass is 10.3. The molecule has 3 atom stereocenters. The van der Waals surface area contributed by atoms with Crippen LogP contribution in [0.2, 0.25) is 0 Å². The first-order valence-corrected chi connectivity index (χ1v) is 4.59. The summed E-state index contributed by atoms with van der Waals surface area (Å²) in [5.74, 6) is 0.970. The average Bonchev–Trinajstić information content (AvgIpc) is 2.60. The molecule has 0 aromatic rings. The van der Waals surface area contributed by atoms with E-state index in [0.717, 1.165) is 5.57 Å². The SMILES string of the molecule is C=C(C)COC[C@@H]1[C@@H]2COC(=O)[C@H]12. The zero-order valence-corrected chi connectivity index (χ0v) is 7.79. The molecule has 13 heavy (non-hydrogen) atoms. The zero-order valence-electron chi connectivity index (χ0n) is 7.79. The van der Waals surface area contributed by atoms with Crippen molar-refractivity contribution in [1.82, 2.24) is 0 Å². The molecule has 2 fully saturated rings. The highest BCUT2D eigenvalue weighted by atomic mass is 16.5. The van der Waals surface area contributed by atoms with Crippen LogP contribution in [0.3, 0.4) is 0 Å². The quantitative estimate of drug-likeness (QED) is 0.480. The number of rotatable bonds is 4. The molecule has 0 N–H and O–H groups in total. The van der Waals surface area contributed by atoms with Gasteiger partial charge in [0.15, 0.2) is 0 Å². The number of ether oxygens (including phenoxy) is 2. The van der Waals surface area contributed by atoms with Gasteiger partial charge in [-0.15, -0.1) is 0 Å². The van der Waals surface area contributed by atoms with Gasteiger partial charge < -0.3 is 9.47 Å². The first-order chi connectivity index (χ1) is 6.20. The fraction of sp³-hybridized carbons (Fsp3) is 0.700. The summed E-state index contributed by atoms with van der Waals surface area (Å²) in [6, 6.07) is 0. The van der Waals surface area contributed by atoms with Crippen LogP contribution in [0.5, 0.6) is 0 Å². The van der Waals surface area contributed by atoms with Gasteiger partial charge in [0.25, 0.3) is 0 Å². The summed E-state index contributed by atoms with van der Waals surface area (Å²) >= 11 is 0. The van der Waals surface area contributed by atoms with Crippen molar-refractivity contribution in [2.45, 2.75) is 6.92 Å². The van der Waals surface area contributed by atoms with E-state index in [1.54, 1.807) is 0 Å². The predicted octanol–water partition coefficient (Wildman–Crippen LogP) is 0.998. The van der Waals surface area contributed by atoms with Crippen molar-refractivity contribution in [3.8, 4) is 0 Å². The third-order valence-electron chi connectivity index (χ3n) is 2.68. The molecule has 1 heterocycles. The molecule has 2 aliphatic rings. The fourth-order valence-corrected chi connectivity index (χ4v) is 1.89. The van der Waals surface area contributed by atoms with Crippen molar-refractivity contribution in [3.63, 3.8) is 0 Å². The first-order valence-electron chi connectivity index (χ1n) is 4.59. The summed E-state index contributed by atoms with van der Waals surface area (Å²) < 4.78 is 10.3. The molecule has 0 aromatic heterocycles.